The van der Waals surface area contributed by atoms with E-state index >= 15 is 0 Å². The van der Waals surface area contributed by atoms with Crippen LogP contribution < -0.4 is 0 Å². The number of hydrogen-bond acceptors (Lipinski definition) is 0. The highest BCUT2D eigenvalue weighted by atomic mass is 127. The van der Waals surface area contributed by atoms with Gasteiger partial charge in [-0.2, -0.15) is 0 Å². The molecular formula is C11H15FI2. The van der Waals surface area contributed by atoms with Crippen molar-refractivity contribution in [2.75, 3.05) is 0 Å². The predicted molar refractivity (Wildman–Crippen MR) is 76.7 cm³/mol. The fourth-order valence-electron chi connectivity index (χ4n) is 1.81. The second kappa shape index (κ2) is 5.27. The van der Waals surface area contributed by atoms with E-state index in [1.165, 1.54) is 5.57 Å². The molecule has 0 nitrogen and oxygen atoms in total. The Balaban J connectivity index is 2.91. The van der Waals surface area contributed by atoms with Crippen LogP contribution >= 0.6 is 45.2 Å². The highest BCUT2D eigenvalue weighted by molar-refractivity contribution is 14.1. The van der Waals surface area contributed by atoms with E-state index in [0.717, 1.165) is 22.8 Å². The molecule has 80 valence electrons. The van der Waals surface area contributed by atoms with Gasteiger partial charge >= 0.3 is 0 Å². The van der Waals surface area contributed by atoms with Crippen molar-refractivity contribution < 1.29 is 4.39 Å². The third kappa shape index (κ3) is 3.47. The molecule has 1 aliphatic carbocycles. The van der Waals surface area contributed by atoms with Crippen molar-refractivity contribution in [3.05, 3.63) is 21.3 Å². The molecule has 0 fully saturated rings. The molecule has 0 saturated heterocycles. The number of alkyl halides is 2. The average Bonchev–Trinajstić information content (AvgIpc) is 2.09. The Bertz CT molecular complexity index is 266. The monoisotopic (exact) mass is 420 g/mol. The van der Waals surface area contributed by atoms with Gasteiger partial charge in [-0.1, -0.05) is 25.0 Å². The minimum absolute atomic E-state index is 0.136. The summed E-state index contributed by atoms with van der Waals surface area (Å²) in [5.74, 6) is 0.136. The molecule has 0 radical (unpaired) electrons. The Morgan fingerprint density at radius 3 is 2.86 bits per heavy atom. The molecule has 3 heteroatoms. The van der Waals surface area contributed by atoms with Crippen molar-refractivity contribution in [2.45, 2.75) is 36.8 Å². The molecule has 1 unspecified atom stereocenters. The van der Waals surface area contributed by atoms with Crippen molar-refractivity contribution in [1.82, 2.24) is 0 Å². The van der Waals surface area contributed by atoms with E-state index in [1.807, 2.05) is 22.6 Å². The van der Waals surface area contributed by atoms with Gasteiger partial charge < -0.3 is 0 Å². The van der Waals surface area contributed by atoms with E-state index in [9.17, 15) is 4.39 Å². The molecule has 0 saturated carbocycles. The van der Waals surface area contributed by atoms with E-state index < -0.39 is 3.68 Å². The molecule has 0 aromatic carbocycles. The fraction of sp³-hybridized carbons (Fsp3) is 0.636. The Hall–Kier alpha value is 0.870. The van der Waals surface area contributed by atoms with Gasteiger partial charge in [0.25, 0.3) is 0 Å². The third-order valence-corrected chi connectivity index (χ3v) is 4.28. The quantitative estimate of drug-likeness (QED) is 0.427. The first kappa shape index (κ1) is 12.9. The molecule has 0 N–H and O–H groups in total. The summed E-state index contributed by atoms with van der Waals surface area (Å²) in [6.07, 6.45) is 6.74. The SMILES string of the molecule is CCC[C@H]1CC(C)=CC(I)=CC1(F)I. The third-order valence-electron chi connectivity index (χ3n) is 2.46. The molecule has 1 rings (SSSR count). The Morgan fingerprint density at radius 2 is 2.29 bits per heavy atom. The lowest BCUT2D eigenvalue weighted by Crippen LogP contribution is -2.23. The molecule has 0 spiro atoms. The zero-order valence-electron chi connectivity index (χ0n) is 8.49. The maximum Gasteiger partial charge on any atom is 0.183 e. The molecule has 0 aromatic heterocycles. The van der Waals surface area contributed by atoms with Gasteiger partial charge in [-0.15, -0.1) is 0 Å². The maximum absolute atomic E-state index is 14.3. The highest BCUT2D eigenvalue weighted by Crippen LogP contribution is 2.42. The predicted octanol–water partition coefficient (Wildman–Crippen LogP) is 5.17. The standard InChI is InChI=1S/C11H15FI2/c1-3-4-9-5-8(2)6-10(13)7-11(9,12)14/h6-7,9H,3-5H2,1-2H3/t9-,11?/m0/s1. The lowest BCUT2D eigenvalue weighted by Gasteiger charge is -2.25. The number of hydrogen-bond donors (Lipinski definition) is 0. The van der Waals surface area contributed by atoms with Crippen molar-refractivity contribution in [1.29, 1.82) is 0 Å². The van der Waals surface area contributed by atoms with Crippen molar-refractivity contribution in [3.8, 4) is 0 Å². The lowest BCUT2D eigenvalue weighted by molar-refractivity contribution is 0.247. The zero-order valence-corrected chi connectivity index (χ0v) is 12.8. The Morgan fingerprint density at radius 1 is 1.64 bits per heavy atom. The van der Waals surface area contributed by atoms with Crippen LogP contribution in [-0.4, -0.2) is 3.68 Å². The summed E-state index contributed by atoms with van der Waals surface area (Å²) in [5.41, 5.74) is 1.29. The summed E-state index contributed by atoms with van der Waals surface area (Å²) in [6, 6.07) is 0. The summed E-state index contributed by atoms with van der Waals surface area (Å²) in [6.45, 7) is 4.21. The summed E-state index contributed by atoms with van der Waals surface area (Å²) < 4.78 is 14.1. The fourth-order valence-corrected chi connectivity index (χ4v) is 4.25. The highest BCUT2D eigenvalue weighted by Gasteiger charge is 2.35. The largest absolute Gasteiger partial charge is 0.227 e. The van der Waals surface area contributed by atoms with Gasteiger partial charge in [0.1, 0.15) is 0 Å². The normalized spacial score (nSPS) is 33.4. The van der Waals surface area contributed by atoms with Crippen LogP contribution in [-0.2, 0) is 0 Å². The van der Waals surface area contributed by atoms with E-state index in [1.54, 1.807) is 6.08 Å². The van der Waals surface area contributed by atoms with E-state index in [0.29, 0.717) is 0 Å². The summed E-state index contributed by atoms with van der Waals surface area (Å²) in [4.78, 5) is 0. The first-order chi connectivity index (χ1) is 6.45. The molecule has 0 heterocycles. The minimum Gasteiger partial charge on any atom is -0.227 e. The zero-order chi connectivity index (χ0) is 10.8. The average molecular weight is 420 g/mol. The number of halogens is 3. The first-order valence-electron chi connectivity index (χ1n) is 4.89. The Labute approximate surface area is 113 Å². The second-order valence-electron chi connectivity index (χ2n) is 3.88. The minimum atomic E-state index is -1.17. The van der Waals surface area contributed by atoms with Crippen LogP contribution in [0.2, 0.25) is 0 Å². The van der Waals surface area contributed by atoms with E-state index in [4.69, 9.17) is 0 Å². The van der Waals surface area contributed by atoms with Gasteiger partial charge in [0, 0.05) is 9.50 Å². The first-order valence-corrected chi connectivity index (χ1v) is 7.04. The van der Waals surface area contributed by atoms with Gasteiger partial charge in [0.2, 0.25) is 0 Å². The number of rotatable bonds is 2. The second-order valence-corrected chi connectivity index (χ2v) is 6.78. The summed E-state index contributed by atoms with van der Waals surface area (Å²) in [7, 11) is 0. The molecule has 0 bridgehead atoms. The van der Waals surface area contributed by atoms with Crippen LogP contribution in [0.1, 0.15) is 33.1 Å². The van der Waals surface area contributed by atoms with E-state index in [2.05, 4.69) is 42.5 Å². The van der Waals surface area contributed by atoms with Crippen LogP contribution in [0.25, 0.3) is 0 Å². The van der Waals surface area contributed by atoms with Crippen molar-refractivity contribution >= 4 is 45.2 Å². The van der Waals surface area contributed by atoms with Crippen molar-refractivity contribution in [3.63, 3.8) is 0 Å². The maximum atomic E-state index is 14.3. The van der Waals surface area contributed by atoms with E-state index in [-0.39, 0.29) is 5.92 Å². The van der Waals surface area contributed by atoms with Crippen LogP contribution in [0.4, 0.5) is 4.39 Å². The molecular weight excluding hydrogens is 405 g/mol. The van der Waals surface area contributed by atoms with Crippen molar-refractivity contribution in [2.24, 2.45) is 5.92 Å². The lowest BCUT2D eigenvalue weighted by atomic mass is 9.92. The van der Waals surface area contributed by atoms with Gasteiger partial charge in [0.15, 0.2) is 3.68 Å². The molecule has 0 aromatic rings. The van der Waals surface area contributed by atoms with Crippen LogP contribution in [0.15, 0.2) is 21.3 Å². The van der Waals surface area contributed by atoms with Crippen LogP contribution in [0, 0.1) is 5.92 Å². The molecule has 14 heavy (non-hydrogen) atoms. The summed E-state index contributed by atoms with van der Waals surface area (Å²) >= 11 is 4.15. The van der Waals surface area contributed by atoms with Gasteiger partial charge in [-0.3, -0.25) is 0 Å². The Kier molecular flexibility index (Phi) is 4.87. The molecule has 1 aliphatic rings. The van der Waals surface area contributed by atoms with Crippen LogP contribution in [0.3, 0.4) is 0 Å². The summed E-state index contributed by atoms with van der Waals surface area (Å²) in [5, 5.41) is 0. The van der Waals surface area contributed by atoms with Gasteiger partial charge in [0.05, 0.1) is 0 Å². The van der Waals surface area contributed by atoms with Crippen LogP contribution in [0.5, 0.6) is 0 Å². The smallest absolute Gasteiger partial charge is 0.183 e. The molecule has 2 atom stereocenters. The topological polar surface area (TPSA) is 0 Å². The number of allylic oxidation sites excluding steroid dienone is 4. The van der Waals surface area contributed by atoms with Gasteiger partial charge in [-0.25, -0.2) is 4.39 Å². The molecule has 0 amide bonds. The van der Waals surface area contributed by atoms with Gasteiger partial charge in [-0.05, 0) is 71.0 Å². The molecule has 0 aliphatic heterocycles.